The molecule has 0 spiro atoms. The van der Waals surface area contributed by atoms with Gasteiger partial charge in [0.15, 0.2) is 6.61 Å². The minimum absolute atomic E-state index is 0.240. The number of hydrogen-bond acceptors (Lipinski definition) is 3. The number of benzene rings is 3. The Balaban J connectivity index is 1.69. The molecule has 0 aliphatic heterocycles. The Labute approximate surface area is 139 Å². The molecule has 24 heavy (non-hydrogen) atoms. The van der Waals surface area contributed by atoms with Crippen LogP contribution in [0.4, 0.5) is 0 Å². The van der Waals surface area contributed by atoms with Crippen LogP contribution in [0.15, 0.2) is 54.6 Å². The van der Waals surface area contributed by atoms with Gasteiger partial charge in [-0.05, 0) is 40.5 Å². The summed E-state index contributed by atoms with van der Waals surface area (Å²) < 4.78 is 5.28. The Morgan fingerprint density at radius 3 is 2.12 bits per heavy atom. The van der Waals surface area contributed by atoms with E-state index < -0.39 is 5.97 Å². The molecule has 1 aliphatic carbocycles. The van der Waals surface area contributed by atoms with Gasteiger partial charge in [0.2, 0.25) is 0 Å². The second-order valence-corrected chi connectivity index (χ2v) is 6.11. The van der Waals surface area contributed by atoms with E-state index in [9.17, 15) is 9.59 Å². The van der Waals surface area contributed by atoms with Gasteiger partial charge in [0.1, 0.15) is 0 Å². The van der Waals surface area contributed by atoms with Crippen LogP contribution in [0.25, 0.3) is 21.5 Å². The molecule has 0 unspecified atom stereocenters. The van der Waals surface area contributed by atoms with Crippen molar-refractivity contribution in [1.82, 2.24) is 5.32 Å². The molecule has 120 valence electrons. The molecule has 4 rings (SSSR count). The number of esters is 1. The van der Waals surface area contributed by atoms with Gasteiger partial charge < -0.3 is 10.1 Å². The summed E-state index contributed by atoms with van der Waals surface area (Å²) in [5, 5.41) is 6.45. The zero-order chi connectivity index (χ0) is 16.5. The van der Waals surface area contributed by atoms with E-state index >= 15 is 0 Å². The SMILES string of the molecule is O=C(COC(=O)c1c2ccccc2cc2ccccc12)NC1CC1. The van der Waals surface area contributed by atoms with Gasteiger partial charge in [0, 0.05) is 6.04 Å². The third-order valence-corrected chi connectivity index (χ3v) is 4.25. The highest BCUT2D eigenvalue weighted by Crippen LogP contribution is 2.29. The molecule has 3 aromatic carbocycles. The summed E-state index contributed by atoms with van der Waals surface area (Å²) in [6, 6.07) is 17.7. The number of carbonyl (C=O) groups excluding carboxylic acids is 2. The summed E-state index contributed by atoms with van der Waals surface area (Å²) in [5.41, 5.74) is 0.517. The standard InChI is InChI=1S/C20H17NO3/c22-18(21-15-9-10-15)12-24-20(23)19-16-7-3-1-5-13(16)11-14-6-2-4-8-17(14)19/h1-8,11,15H,9-10,12H2,(H,21,22). The van der Waals surface area contributed by atoms with Gasteiger partial charge in [0.25, 0.3) is 5.91 Å². The third-order valence-electron chi connectivity index (χ3n) is 4.25. The Morgan fingerprint density at radius 2 is 1.54 bits per heavy atom. The van der Waals surface area contributed by atoms with Crippen LogP contribution in [0, 0.1) is 0 Å². The van der Waals surface area contributed by atoms with Crippen molar-refractivity contribution in [1.29, 1.82) is 0 Å². The fourth-order valence-corrected chi connectivity index (χ4v) is 2.93. The van der Waals surface area contributed by atoms with E-state index in [2.05, 4.69) is 11.4 Å². The summed E-state index contributed by atoms with van der Waals surface area (Å²) in [6.07, 6.45) is 2.02. The normalized spacial score (nSPS) is 13.8. The molecule has 0 atom stereocenters. The van der Waals surface area contributed by atoms with Gasteiger partial charge in [-0.3, -0.25) is 4.79 Å². The van der Waals surface area contributed by atoms with Gasteiger partial charge in [-0.25, -0.2) is 4.79 Å². The van der Waals surface area contributed by atoms with Crippen LogP contribution in [0.2, 0.25) is 0 Å². The van der Waals surface area contributed by atoms with Gasteiger partial charge in [-0.1, -0.05) is 48.5 Å². The lowest BCUT2D eigenvalue weighted by Gasteiger charge is -2.11. The van der Waals surface area contributed by atoms with Crippen LogP contribution < -0.4 is 5.32 Å². The summed E-state index contributed by atoms with van der Waals surface area (Å²) in [4.78, 5) is 24.4. The van der Waals surface area contributed by atoms with Crippen molar-refractivity contribution in [3.05, 3.63) is 60.2 Å². The molecule has 4 heteroatoms. The maximum absolute atomic E-state index is 12.7. The highest BCUT2D eigenvalue weighted by atomic mass is 16.5. The smallest absolute Gasteiger partial charge is 0.339 e. The number of ether oxygens (including phenoxy) is 1. The van der Waals surface area contributed by atoms with E-state index in [1.165, 1.54) is 0 Å². The highest BCUT2D eigenvalue weighted by molar-refractivity contribution is 6.16. The average Bonchev–Trinajstić information content (AvgIpc) is 3.41. The topological polar surface area (TPSA) is 55.4 Å². The fourth-order valence-electron chi connectivity index (χ4n) is 2.93. The van der Waals surface area contributed by atoms with Gasteiger partial charge in [-0.15, -0.1) is 0 Å². The molecule has 1 aliphatic rings. The van der Waals surface area contributed by atoms with Crippen LogP contribution in [0.1, 0.15) is 23.2 Å². The molecule has 1 fully saturated rings. The fraction of sp³-hybridized carbons (Fsp3) is 0.200. The molecular formula is C20H17NO3. The number of fused-ring (bicyclic) bond motifs is 2. The van der Waals surface area contributed by atoms with Crippen LogP contribution in [-0.4, -0.2) is 24.5 Å². The molecule has 1 amide bonds. The third kappa shape index (κ3) is 2.83. The van der Waals surface area contributed by atoms with Crippen molar-refractivity contribution in [2.24, 2.45) is 0 Å². The molecular weight excluding hydrogens is 302 g/mol. The zero-order valence-corrected chi connectivity index (χ0v) is 13.1. The molecule has 0 saturated heterocycles. The summed E-state index contributed by atoms with van der Waals surface area (Å²) in [7, 11) is 0. The summed E-state index contributed by atoms with van der Waals surface area (Å²) in [6.45, 7) is -0.243. The minimum Gasteiger partial charge on any atom is -0.452 e. The van der Waals surface area contributed by atoms with Gasteiger partial charge in [-0.2, -0.15) is 0 Å². The second-order valence-electron chi connectivity index (χ2n) is 6.11. The first kappa shape index (κ1) is 14.7. The lowest BCUT2D eigenvalue weighted by atomic mass is 9.97. The van der Waals surface area contributed by atoms with E-state index in [1.807, 2.05) is 48.5 Å². The van der Waals surface area contributed by atoms with Crippen molar-refractivity contribution in [3.8, 4) is 0 Å². The second kappa shape index (κ2) is 5.96. The van der Waals surface area contributed by atoms with Crippen molar-refractivity contribution >= 4 is 33.4 Å². The van der Waals surface area contributed by atoms with E-state index in [0.29, 0.717) is 5.56 Å². The number of hydrogen-bond donors (Lipinski definition) is 1. The molecule has 1 saturated carbocycles. The number of rotatable bonds is 4. The number of nitrogens with one attached hydrogen (secondary N) is 1. The zero-order valence-electron chi connectivity index (χ0n) is 13.1. The Morgan fingerprint density at radius 1 is 0.958 bits per heavy atom. The first-order valence-corrected chi connectivity index (χ1v) is 8.09. The molecule has 3 aromatic rings. The first-order valence-electron chi connectivity index (χ1n) is 8.09. The van der Waals surface area contributed by atoms with Crippen LogP contribution in [-0.2, 0) is 9.53 Å². The predicted molar refractivity (Wildman–Crippen MR) is 92.9 cm³/mol. The summed E-state index contributed by atoms with van der Waals surface area (Å²) >= 11 is 0. The molecule has 0 aromatic heterocycles. The van der Waals surface area contributed by atoms with Gasteiger partial charge in [0.05, 0.1) is 5.56 Å². The monoisotopic (exact) mass is 319 g/mol. The lowest BCUT2D eigenvalue weighted by Crippen LogP contribution is -2.30. The number of carbonyl (C=O) groups is 2. The van der Waals surface area contributed by atoms with Crippen molar-refractivity contribution in [2.45, 2.75) is 18.9 Å². The quantitative estimate of drug-likeness (QED) is 0.592. The molecule has 0 bridgehead atoms. The maximum atomic E-state index is 12.7. The Hall–Kier alpha value is -2.88. The minimum atomic E-state index is -0.464. The van der Waals surface area contributed by atoms with Crippen molar-refractivity contribution < 1.29 is 14.3 Å². The largest absolute Gasteiger partial charge is 0.452 e. The van der Waals surface area contributed by atoms with E-state index in [0.717, 1.165) is 34.4 Å². The van der Waals surface area contributed by atoms with Crippen LogP contribution in [0.5, 0.6) is 0 Å². The van der Waals surface area contributed by atoms with Crippen LogP contribution in [0.3, 0.4) is 0 Å². The molecule has 0 heterocycles. The molecule has 1 N–H and O–H groups in total. The Kier molecular flexibility index (Phi) is 3.65. The Bertz CT molecular complexity index is 890. The van der Waals surface area contributed by atoms with Gasteiger partial charge >= 0.3 is 5.97 Å². The van der Waals surface area contributed by atoms with Crippen LogP contribution >= 0.6 is 0 Å². The average molecular weight is 319 g/mol. The highest BCUT2D eigenvalue weighted by Gasteiger charge is 2.24. The molecule has 0 radical (unpaired) electrons. The maximum Gasteiger partial charge on any atom is 0.339 e. The van der Waals surface area contributed by atoms with E-state index in [4.69, 9.17) is 4.74 Å². The lowest BCUT2D eigenvalue weighted by molar-refractivity contribution is -0.124. The van der Waals surface area contributed by atoms with E-state index in [1.54, 1.807) is 0 Å². The number of amides is 1. The first-order chi connectivity index (χ1) is 11.7. The summed E-state index contributed by atoms with van der Waals surface area (Å²) in [5.74, 6) is -0.704. The van der Waals surface area contributed by atoms with Crippen molar-refractivity contribution in [2.75, 3.05) is 6.61 Å². The predicted octanol–water partition coefficient (Wildman–Crippen LogP) is 3.43. The van der Waals surface area contributed by atoms with E-state index in [-0.39, 0.29) is 18.6 Å². The van der Waals surface area contributed by atoms with Crippen molar-refractivity contribution in [3.63, 3.8) is 0 Å². The molecule has 4 nitrogen and oxygen atoms in total.